The van der Waals surface area contributed by atoms with E-state index in [1.807, 2.05) is 23.8 Å². The molecule has 15 heavy (non-hydrogen) atoms. The highest BCUT2D eigenvalue weighted by Gasteiger charge is 2.09. The van der Waals surface area contributed by atoms with Crippen molar-refractivity contribution >= 4 is 5.97 Å². The smallest absolute Gasteiger partial charge is 0.309 e. The molecule has 1 aromatic heterocycles. The lowest BCUT2D eigenvalue weighted by Crippen LogP contribution is -3.00. The first-order valence-corrected chi connectivity index (χ1v) is 4.84. The number of carboxylic acid groups (broad SMARTS) is 1. The fraction of sp³-hybridized carbons (Fsp3) is 0.455. The van der Waals surface area contributed by atoms with Crippen LogP contribution < -0.4 is 17.0 Å². The van der Waals surface area contributed by atoms with Gasteiger partial charge in [-0.05, 0) is 12.5 Å². The van der Waals surface area contributed by atoms with E-state index in [4.69, 9.17) is 5.11 Å². The van der Waals surface area contributed by atoms with Crippen molar-refractivity contribution in [2.45, 2.75) is 33.2 Å². The van der Waals surface area contributed by atoms with Gasteiger partial charge < -0.3 is 17.5 Å². The van der Waals surface area contributed by atoms with E-state index in [9.17, 15) is 4.79 Å². The Hall–Kier alpha value is -1.09. The number of halogens is 1. The number of carbonyl (C=O) groups is 1. The van der Waals surface area contributed by atoms with E-state index in [0.717, 1.165) is 12.1 Å². The Kier molecular flexibility index (Phi) is 5.94. The van der Waals surface area contributed by atoms with E-state index < -0.39 is 5.97 Å². The number of pyridine rings is 1. The van der Waals surface area contributed by atoms with E-state index >= 15 is 0 Å². The molecule has 0 amide bonds. The number of carboxylic acids is 1. The SMILES string of the molecule is CCc1ccc(C)[n+](CCC(=O)O)c1.[Cl-]. The van der Waals surface area contributed by atoms with Gasteiger partial charge in [0.05, 0.1) is 0 Å². The first-order valence-electron chi connectivity index (χ1n) is 4.84. The van der Waals surface area contributed by atoms with Crippen LogP contribution in [0.3, 0.4) is 0 Å². The van der Waals surface area contributed by atoms with Gasteiger partial charge in [-0.3, -0.25) is 4.79 Å². The summed E-state index contributed by atoms with van der Waals surface area (Å²) in [4.78, 5) is 10.4. The molecule has 0 aromatic carbocycles. The maximum atomic E-state index is 10.4. The molecule has 0 spiro atoms. The predicted octanol–water partition coefficient (Wildman–Crippen LogP) is -1.68. The molecular weight excluding hydrogens is 214 g/mol. The molecule has 0 fully saturated rings. The van der Waals surface area contributed by atoms with Gasteiger partial charge in [-0.1, -0.05) is 6.92 Å². The minimum absolute atomic E-state index is 0. The third-order valence-electron chi connectivity index (χ3n) is 2.29. The molecule has 4 heteroatoms. The Morgan fingerprint density at radius 1 is 1.47 bits per heavy atom. The standard InChI is InChI=1S/C11H15NO2.ClH/c1-3-10-5-4-9(2)12(8-10)7-6-11(13)14;/h4-5,8H,3,6-7H2,1-2H3;1H. The monoisotopic (exact) mass is 229 g/mol. The lowest BCUT2D eigenvalue weighted by Gasteiger charge is -2.00. The zero-order valence-corrected chi connectivity index (χ0v) is 9.79. The van der Waals surface area contributed by atoms with E-state index in [1.165, 1.54) is 5.56 Å². The molecule has 1 N–H and O–H groups in total. The number of aromatic nitrogens is 1. The summed E-state index contributed by atoms with van der Waals surface area (Å²) in [6, 6.07) is 4.10. The Morgan fingerprint density at radius 2 is 2.13 bits per heavy atom. The molecule has 0 atom stereocenters. The molecule has 1 heterocycles. The first kappa shape index (κ1) is 13.9. The fourth-order valence-corrected chi connectivity index (χ4v) is 1.33. The van der Waals surface area contributed by atoms with Crippen molar-refractivity contribution in [3.63, 3.8) is 0 Å². The maximum Gasteiger partial charge on any atom is 0.309 e. The van der Waals surface area contributed by atoms with Crippen LogP contribution >= 0.6 is 0 Å². The Labute approximate surface area is 96.2 Å². The molecule has 0 saturated heterocycles. The van der Waals surface area contributed by atoms with Crippen LogP contribution in [0.2, 0.25) is 0 Å². The van der Waals surface area contributed by atoms with Crippen molar-refractivity contribution in [1.29, 1.82) is 0 Å². The molecule has 3 nitrogen and oxygen atoms in total. The first-order chi connectivity index (χ1) is 6.63. The zero-order chi connectivity index (χ0) is 10.6. The lowest BCUT2D eigenvalue weighted by atomic mass is 10.2. The zero-order valence-electron chi connectivity index (χ0n) is 9.03. The lowest BCUT2D eigenvalue weighted by molar-refractivity contribution is -0.702. The van der Waals surface area contributed by atoms with Gasteiger partial charge >= 0.3 is 5.97 Å². The summed E-state index contributed by atoms with van der Waals surface area (Å²) in [6.07, 6.45) is 3.18. The van der Waals surface area contributed by atoms with Crippen LogP contribution in [0.4, 0.5) is 0 Å². The van der Waals surface area contributed by atoms with Crippen LogP contribution in [0.1, 0.15) is 24.6 Å². The third-order valence-corrected chi connectivity index (χ3v) is 2.29. The molecule has 1 rings (SSSR count). The summed E-state index contributed by atoms with van der Waals surface area (Å²) in [7, 11) is 0. The molecule has 0 radical (unpaired) electrons. The van der Waals surface area contributed by atoms with Crippen molar-refractivity contribution in [1.82, 2.24) is 0 Å². The van der Waals surface area contributed by atoms with Gasteiger partial charge in [0, 0.05) is 18.6 Å². The second-order valence-corrected chi connectivity index (χ2v) is 3.37. The number of rotatable bonds is 4. The van der Waals surface area contributed by atoms with Gasteiger partial charge in [0.25, 0.3) is 0 Å². The van der Waals surface area contributed by atoms with Crippen LogP contribution in [0.15, 0.2) is 18.3 Å². The molecule has 0 saturated carbocycles. The second kappa shape index (κ2) is 6.40. The highest BCUT2D eigenvalue weighted by atomic mass is 35.5. The second-order valence-electron chi connectivity index (χ2n) is 3.37. The number of aliphatic carboxylic acids is 1. The van der Waals surface area contributed by atoms with Gasteiger partial charge in [-0.15, -0.1) is 0 Å². The van der Waals surface area contributed by atoms with Gasteiger partial charge in [-0.25, -0.2) is 4.57 Å². The van der Waals surface area contributed by atoms with E-state index in [1.54, 1.807) is 0 Å². The van der Waals surface area contributed by atoms with E-state index in [-0.39, 0.29) is 18.8 Å². The van der Waals surface area contributed by atoms with Gasteiger partial charge in [0.15, 0.2) is 18.4 Å². The maximum absolute atomic E-state index is 10.4. The summed E-state index contributed by atoms with van der Waals surface area (Å²) in [5.41, 5.74) is 2.34. The van der Waals surface area contributed by atoms with Gasteiger partial charge in [-0.2, -0.15) is 0 Å². The van der Waals surface area contributed by atoms with Gasteiger partial charge in [0.1, 0.15) is 6.42 Å². The number of hydrogen-bond donors (Lipinski definition) is 1. The Bertz CT molecular complexity index is 339. The molecule has 0 bridgehead atoms. The van der Waals surface area contributed by atoms with Crippen LogP contribution in [-0.2, 0) is 17.8 Å². The predicted molar refractivity (Wildman–Crippen MR) is 53.0 cm³/mol. The summed E-state index contributed by atoms with van der Waals surface area (Å²) in [5.74, 6) is -0.751. The Morgan fingerprint density at radius 3 is 2.67 bits per heavy atom. The largest absolute Gasteiger partial charge is 1.00 e. The fourth-order valence-electron chi connectivity index (χ4n) is 1.33. The number of hydrogen-bond acceptors (Lipinski definition) is 1. The molecule has 0 aliphatic carbocycles. The highest BCUT2D eigenvalue weighted by molar-refractivity contribution is 5.66. The molecule has 84 valence electrons. The summed E-state index contributed by atoms with van der Waals surface area (Å²) in [6.45, 7) is 4.63. The van der Waals surface area contributed by atoms with Crippen molar-refractivity contribution in [3.05, 3.63) is 29.6 Å². The molecule has 1 aromatic rings. The summed E-state index contributed by atoms with van der Waals surface area (Å²) >= 11 is 0. The molecule has 0 aliphatic heterocycles. The minimum Gasteiger partial charge on any atom is -1.00 e. The van der Waals surface area contributed by atoms with Crippen LogP contribution in [0.5, 0.6) is 0 Å². The quantitative estimate of drug-likeness (QED) is 0.627. The topological polar surface area (TPSA) is 41.2 Å². The van der Waals surface area contributed by atoms with Crippen molar-refractivity contribution < 1.29 is 26.9 Å². The minimum atomic E-state index is -0.751. The van der Waals surface area contributed by atoms with Crippen molar-refractivity contribution in [3.8, 4) is 0 Å². The summed E-state index contributed by atoms with van der Waals surface area (Å²) in [5, 5.41) is 8.58. The van der Waals surface area contributed by atoms with Crippen LogP contribution in [0, 0.1) is 6.92 Å². The third kappa shape index (κ3) is 4.30. The molecular formula is C11H16ClNO2. The van der Waals surface area contributed by atoms with E-state index in [0.29, 0.717) is 6.54 Å². The Balaban J connectivity index is 0.00000196. The number of aryl methyl sites for hydroxylation is 3. The average molecular weight is 230 g/mol. The van der Waals surface area contributed by atoms with Crippen LogP contribution in [0.25, 0.3) is 0 Å². The van der Waals surface area contributed by atoms with Gasteiger partial charge in [0.2, 0.25) is 0 Å². The van der Waals surface area contributed by atoms with Crippen molar-refractivity contribution in [2.75, 3.05) is 0 Å². The van der Waals surface area contributed by atoms with Crippen molar-refractivity contribution in [2.24, 2.45) is 0 Å². The highest BCUT2D eigenvalue weighted by Crippen LogP contribution is 1.98. The molecule has 0 aliphatic rings. The van der Waals surface area contributed by atoms with E-state index in [2.05, 4.69) is 13.0 Å². The summed E-state index contributed by atoms with van der Waals surface area (Å²) < 4.78 is 1.99. The normalized spacial score (nSPS) is 9.47. The average Bonchev–Trinajstić information content (AvgIpc) is 2.16. The molecule has 0 unspecified atom stereocenters. The number of nitrogens with zero attached hydrogens (tertiary/aromatic N) is 1. The van der Waals surface area contributed by atoms with Crippen LogP contribution in [-0.4, -0.2) is 11.1 Å².